The summed E-state index contributed by atoms with van der Waals surface area (Å²) in [4.78, 5) is 52.7. The van der Waals surface area contributed by atoms with Crippen molar-refractivity contribution in [3.05, 3.63) is 0 Å². The van der Waals surface area contributed by atoms with E-state index in [1.807, 2.05) is 0 Å². The van der Waals surface area contributed by atoms with Gasteiger partial charge in [-0.2, -0.15) is 18.4 Å². The van der Waals surface area contributed by atoms with Gasteiger partial charge in [0, 0.05) is 25.3 Å². The number of alkyl halides is 3. The van der Waals surface area contributed by atoms with Crippen LogP contribution in [0.3, 0.4) is 0 Å². The maximum absolute atomic E-state index is 13.6. The number of amides is 2. The Morgan fingerprint density at radius 3 is 2.35 bits per heavy atom. The first kappa shape index (κ1) is 27.6. The van der Waals surface area contributed by atoms with Crippen LogP contribution in [0.2, 0.25) is 0 Å². The number of carbonyl (C=O) groups is 4. The Morgan fingerprint density at radius 2 is 1.81 bits per heavy atom. The largest absolute Gasteiger partial charge is 0.449 e. The van der Waals surface area contributed by atoms with Gasteiger partial charge in [0.25, 0.3) is 0 Å². The Kier molecular flexibility index (Phi) is 7.23. The number of halogens is 3. The van der Waals surface area contributed by atoms with Gasteiger partial charge in [-0.15, -0.1) is 0 Å². The average Bonchev–Trinajstić information content (AvgIpc) is 3.72. The number of fused-ring (bicyclic) bond motifs is 1. The van der Waals surface area contributed by atoms with Crippen LogP contribution in [-0.2, 0) is 19.2 Å². The fourth-order valence-corrected chi connectivity index (χ4v) is 6.17. The summed E-state index contributed by atoms with van der Waals surface area (Å²) in [6.45, 7) is 5.07. The first-order valence-electron chi connectivity index (χ1n) is 13.3. The summed E-state index contributed by atoms with van der Waals surface area (Å²) in [5.74, 6) is -4.08. The lowest BCUT2D eigenvalue weighted by Crippen LogP contribution is -2.57. The van der Waals surface area contributed by atoms with E-state index in [0.29, 0.717) is 19.3 Å². The molecule has 3 aliphatic carbocycles. The smallest absolute Gasteiger partial charge is 0.339 e. The Morgan fingerprint density at radius 1 is 1.14 bits per heavy atom. The highest BCUT2D eigenvalue weighted by Crippen LogP contribution is 2.56. The third kappa shape index (κ3) is 6.18. The molecule has 0 aromatic rings. The van der Waals surface area contributed by atoms with Crippen molar-refractivity contribution in [2.75, 3.05) is 6.54 Å². The summed E-state index contributed by atoms with van der Waals surface area (Å²) in [7, 11) is 0. The van der Waals surface area contributed by atoms with E-state index in [1.54, 1.807) is 20.8 Å². The lowest BCUT2D eigenvalue weighted by molar-refractivity contribution is -0.174. The van der Waals surface area contributed by atoms with Crippen LogP contribution >= 0.6 is 0 Å². The van der Waals surface area contributed by atoms with Crippen molar-refractivity contribution >= 4 is 23.4 Å². The molecule has 6 atom stereocenters. The Labute approximate surface area is 215 Å². The molecule has 1 spiro atoms. The van der Waals surface area contributed by atoms with Gasteiger partial charge in [-0.05, 0) is 67.6 Å². The maximum atomic E-state index is 13.6. The number of ketones is 2. The molecule has 4 fully saturated rings. The van der Waals surface area contributed by atoms with E-state index in [1.165, 1.54) is 4.90 Å². The van der Waals surface area contributed by atoms with E-state index in [0.717, 1.165) is 25.7 Å². The average molecular weight is 524 g/mol. The number of hydrogen-bond acceptors (Lipinski definition) is 5. The Hall–Kier alpha value is -2.44. The summed E-state index contributed by atoms with van der Waals surface area (Å²) in [5.41, 5.74) is -0.769. The van der Waals surface area contributed by atoms with Crippen molar-refractivity contribution in [2.45, 2.75) is 96.8 Å². The van der Waals surface area contributed by atoms with Crippen LogP contribution in [0.4, 0.5) is 13.2 Å². The Balaban J connectivity index is 1.45. The van der Waals surface area contributed by atoms with Crippen molar-refractivity contribution in [3.8, 4) is 6.07 Å². The fraction of sp³-hybridized carbons (Fsp3) is 0.815. The molecule has 37 heavy (non-hydrogen) atoms. The number of hydrogen-bond donors (Lipinski definition) is 1. The molecule has 4 aliphatic rings. The van der Waals surface area contributed by atoms with E-state index in [-0.39, 0.29) is 41.9 Å². The summed E-state index contributed by atoms with van der Waals surface area (Å²) >= 11 is 0. The number of nitriles is 1. The van der Waals surface area contributed by atoms with Crippen molar-refractivity contribution in [1.82, 2.24) is 10.2 Å². The summed E-state index contributed by atoms with van der Waals surface area (Å²) in [5, 5.41) is 12.4. The van der Waals surface area contributed by atoms with Crippen LogP contribution in [0, 0.1) is 45.8 Å². The van der Waals surface area contributed by atoms with Crippen molar-refractivity contribution in [3.63, 3.8) is 0 Å². The van der Waals surface area contributed by atoms with Gasteiger partial charge >= 0.3 is 6.18 Å². The molecule has 0 aromatic carbocycles. The minimum atomic E-state index is -5.04. The SMILES string of the molecule is CC(C)(C)C(CC(=O)C(F)(F)F)C(=O)N1CC2CC2CC1C(=O)NC(C#N)CC1CCC2(CC2)CC1=O. The minimum Gasteiger partial charge on any atom is -0.339 e. The topological polar surface area (TPSA) is 107 Å². The summed E-state index contributed by atoms with van der Waals surface area (Å²) in [6.07, 6.45) is -0.277. The van der Waals surface area contributed by atoms with E-state index in [9.17, 15) is 37.6 Å². The number of likely N-dealkylation sites (tertiary alicyclic amines) is 1. The zero-order valence-corrected chi connectivity index (χ0v) is 21.7. The molecule has 204 valence electrons. The van der Waals surface area contributed by atoms with Crippen LogP contribution < -0.4 is 5.32 Å². The second-order valence-electron chi connectivity index (χ2n) is 12.8. The molecule has 0 bridgehead atoms. The van der Waals surface area contributed by atoms with Gasteiger partial charge in [-0.3, -0.25) is 19.2 Å². The van der Waals surface area contributed by atoms with Crippen molar-refractivity contribution in [2.24, 2.45) is 34.5 Å². The normalized spacial score (nSPS) is 30.1. The second-order valence-corrected chi connectivity index (χ2v) is 12.8. The molecular weight excluding hydrogens is 487 g/mol. The molecule has 6 unspecified atom stereocenters. The van der Waals surface area contributed by atoms with E-state index < -0.39 is 53.6 Å². The van der Waals surface area contributed by atoms with E-state index >= 15 is 0 Å². The molecule has 2 amide bonds. The lowest BCUT2D eigenvalue weighted by Gasteiger charge is -2.40. The molecular formula is C27H36F3N3O4. The van der Waals surface area contributed by atoms with Gasteiger partial charge in [-0.25, -0.2) is 0 Å². The quantitative estimate of drug-likeness (QED) is 0.544. The zero-order chi connectivity index (χ0) is 27.3. The predicted molar refractivity (Wildman–Crippen MR) is 127 cm³/mol. The molecule has 1 N–H and O–H groups in total. The minimum absolute atomic E-state index is 0.135. The van der Waals surface area contributed by atoms with Crippen LogP contribution in [0.25, 0.3) is 0 Å². The number of piperidine rings is 1. The standard InChI is InChI=1S/C27H36F3N3O4/c1-25(2,3)19(11-22(35)27(28,29)30)24(37)33-14-17-8-16(17)10-20(33)23(36)32-18(13-31)9-15-4-5-26(6-7-26)12-21(15)34/h15-20H,4-12,14H2,1-3H3,(H,32,36). The number of rotatable bonds is 7. The molecule has 7 nitrogen and oxygen atoms in total. The van der Waals surface area contributed by atoms with Crippen LogP contribution in [0.15, 0.2) is 0 Å². The van der Waals surface area contributed by atoms with Crippen molar-refractivity contribution in [1.29, 1.82) is 5.26 Å². The van der Waals surface area contributed by atoms with Gasteiger partial charge in [0.2, 0.25) is 17.6 Å². The summed E-state index contributed by atoms with van der Waals surface area (Å²) < 4.78 is 39.1. The fourth-order valence-electron chi connectivity index (χ4n) is 6.17. The first-order chi connectivity index (χ1) is 17.1. The molecule has 1 saturated heterocycles. The highest BCUT2D eigenvalue weighted by molar-refractivity contribution is 5.93. The van der Waals surface area contributed by atoms with Crippen LogP contribution in [-0.4, -0.2) is 53.1 Å². The second kappa shape index (κ2) is 9.70. The van der Waals surface area contributed by atoms with Gasteiger partial charge in [0.1, 0.15) is 17.9 Å². The third-order valence-electron chi connectivity index (χ3n) is 9.01. The molecule has 4 rings (SSSR count). The van der Waals surface area contributed by atoms with E-state index in [2.05, 4.69) is 11.4 Å². The number of carbonyl (C=O) groups excluding carboxylic acids is 4. The number of Topliss-reactive ketones (excluding diaryl/α,β-unsaturated/α-hetero) is 2. The molecule has 3 saturated carbocycles. The molecule has 0 aromatic heterocycles. The number of nitrogens with one attached hydrogen (secondary N) is 1. The zero-order valence-electron chi connectivity index (χ0n) is 21.7. The van der Waals surface area contributed by atoms with Crippen molar-refractivity contribution < 1.29 is 32.3 Å². The highest BCUT2D eigenvalue weighted by atomic mass is 19.4. The maximum Gasteiger partial charge on any atom is 0.449 e. The molecule has 1 aliphatic heterocycles. The van der Waals surface area contributed by atoms with Gasteiger partial charge in [0.05, 0.1) is 12.0 Å². The monoisotopic (exact) mass is 523 g/mol. The van der Waals surface area contributed by atoms with Gasteiger partial charge in [-0.1, -0.05) is 20.8 Å². The molecule has 0 radical (unpaired) electrons. The van der Waals surface area contributed by atoms with Crippen LogP contribution in [0.5, 0.6) is 0 Å². The van der Waals surface area contributed by atoms with Gasteiger partial charge in [0.15, 0.2) is 0 Å². The Bertz CT molecular complexity index is 1010. The number of nitrogens with zero attached hydrogens (tertiary/aromatic N) is 2. The first-order valence-corrected chi connectivity index (χ1v) is 13.3. The summed E-state index contributed by atoms with van der Waals surface area (Å²) in [6, 6.07) is 0.258. The lowest BCUT2D eigenvalue weighted by atomic mass is 9.76. The predicted octanol–water partition coefficient (Wildman–Crippen LogP) is 3.96. The molecule has 10 heteroatoms. The van der Waals surface area contributed by atoms with E-state index in [4.69, 9.17) is 0 Å². The third-order valence-corrected chi connectivity index (χ3v) is 9.01. The molecule has 1 heterocycles. The van der Waals surface area contributed by atoms with Crippen LogP contribution in [0.1, 0.15) is 78.6 Å². The van der Waals surface area contributed by atoms with Gasteiger partial charge < -0.3 is 10.2 Å². The highest BCUT2D eigenvalue weighted by Gasteiger charge is 2.53.